The van der Waals surface area contributed by atoms with Gasteiger partial charge in [0.25, 0.3) is 0 Å². The first kappa shape index (κ1) is 23.7. The second kappa shape index (κ2) is 8.44. The van der Waals surface area contributed by atoms with Crippen LogP contribution in [0.1, 0.15) is 62.7 Å². The molecule has 4 aromatic rings. The topological polar surface area (TPSA) is 29.3 Å². The number of fused-ring (bicyclic) bond motifs is 7. The van der Waals surface area contributed by atoms with Crippen molar-refractivity contribution in [2.45, 2.75) is 52.1 Å². The molecule has 3 atom stereocenters. The largest absolute Gasteiger partial charge is 0.358 e. The van der Waals surface area contributed by atoms with Crippen molar-refractivity contribution in [3.63, 3.8) is 0 Å². The number of aliphatic imine (C=N–C) groups is 1. The molecule has 0 spiro atoms. The fourth-order valence-electron chi connectivity index (χ4n) is 7.88. The minimum absolute atomic E-state index is 0.0918. The van der Waals surface area contributed by atoms with Crippen molar-refractivity contribution in [2.24, 2.45) is 16.8 Å². The van der Waals surface area contributed by atoms with Gasteiger partial charge in [-0.05, 0) is 76.3 Å². The Balaban J connectivity index is 1.45. The number of para-hydroxylation sites is 3. The summed E-state index contributed by atoms with van der Waals surface area (Å²) in [7, 11) is 0. The van der Waals surface area contributed by atoms with Crippen molar-refractivity contribution in [2.75, 3.05) is 5.32 Å². The molecule has 0 amide bonds. The summed E-state index contributed by atoms with van der Waals surface area (Å²) >= 11 is 0. The Bertz CT molecular complexity index is 1840. The number of hydrogen-bond acceptors (Lipinski definition) is 2. The lowest BCUT2D eigenvalue weighted by Gasteiger charge is -2.36. The summed E-state index contributed by atoms with van der Waals surface area (Å²) in [5.41, 5.74) is 14.5. The lowest BCUT2D eigenvalue weighted by Crippen LogP contribution is -2.34. The molecule has 1 N–H and O–H groups in total. The van der Waals surface area contributed by atoms with E-state index in [9.17, 15) is 0 Å². The number of rotatable bonds is 2. The number of aromatic nitrogens is 1. The van der Waals surface area contributed by atoms with Crippen LogP contribution in [-0.4, -0.2) is 10.3 Å². The summed E-state index contributed by atoms with van der Waals surface area (Å²) in [5.74, 6) is 0.877. The number of anilines is 1. The molecule has 3 heteroatoms. The molecule has 3 aliphatic carbocycles. The van der Waals surface area contributed by atoms with Gasteiger partial charge in [0.2, 0.25) is 0 Å². The van der Waals surface area contributed by atoms with E-state index in [4.69, 9.17) is 4.99 Å². The molecular formula is C37H35N3. The second-order valence-electron chi connectivity index (χ2n) is 12.5. The number of allylic oxidation sites excluding steroid dienone is 5. The third-order valence-corrected chi connectivity index (χ3v) is 9.72. The maximum Gasteiger partial charge on any atom is 0.148 e. The minimum Gasteiger partial charge on any atom is -0.358 e. The first-order valence-electron chi connectivity index (χ1n) is 14.7. The lowest BCUT2D eigenvalue weighted by atomic mass is 9.74. The van der Waals surface area contributed by atoms with E-state index < -0.39 is 0 Å². The number of benzene rings is 3. The third kappa shape index (κ3) is 3.15. The van der Waals surface area contributed by atoms with Gasteiger partial charge in [0.05, 0.1) is 28.3 Å². The Morgan fingerprint density at radius 2 is 1.68 bits per heavy atom. The molecular weight excluding hydrogens is 486 g/mol. The quantitative estimate of drug-likeness (QED) is 0.280. The highest BCUT2D eigenvalue weighted by molar-refractivity contribution is 6.12. The second-order valence-corrected chi connectivity index (χ2v) is 12.5. The SMILES string of the molecule is CC1CC=CC=C1C1=Nc2ccccc2NC1n1c2c(c3ccccc31)CC(C)C1=C2C(C)(C)c2ccccc21. The van der Waals surface area contributed by atoms with E-state index >= 15 is 0 Å². The van der Waals surface area contributed by atoms with Crippen LogP contribution in [0.5, 0.6) is 0 Å². The fourth-order valence-corrected chi connectivity index (χ4v) is 7.88. The minimum atomic E-state index is -0.106. The Hall–Kier alpha value is -4.11. The summed E-state index contributed by atoms with van der Waals surface area (Å²) in [6.45, 7) is 9.60. The van der Waals surface area contributed by atoms with Gasteiger partial charge in [-0.2, -0.15) is 0 Å². The van der Waals surface area contributed by atoms with Crippen LogP contribution < -0.4 is 5.32 Å². The maximum atomic E-state index is 5.40. The molecule has 0 saturated heterocycles. The molecule has 1 aliphatic heterocycles. The first-order chi connectivity index (χ1) is 19.4. The predicted molar refractivity (Wildman–Crippen MR) is 168 cm³/mol. The predicted octanol–water partition coefficient (Wildman–Crippen LogP) is 9.25. The fraction of sp³-hybridized carbons (Fsp3) is 0.270. The van der Waals surface area contributed by atoms with E-state index in [1.54, 1.807) is 0 Å². The zero-order valence-electron chi connectivity index (χ0n) is 23.7. The molecule has 0 fully saturated rings. The van der Waals surface area contributed by atoms with Crippen molar-refractivity contribution >= 4 is 39.1 Å². The van der Waals surface area contributed by atoms with Gasteiger partial charge in [-0.15, -0.1) is 0 Å². The summed E-state index contributed by atoms with van der Waals surface area (Å²) in [5, 5.41) is 5.36. The molecule has 3 unspecified atom stereocenters. The van der Waals surface area contributed by atoms with E-state index in [0.717, 1.165) is 29.9 Å². The van der Waals surface area contributed by atoms with Gasteiger partial charge in [0.15, 0.2) is 0 Å². The lowest BCUT2D eigenvalue weighted by molar-refractivity contribution is 0.642. The Kier molecular flexibility index (Phi) is 5.01. The van der Waals surface area contributed by atoms with Gasteiger partial charge in [-0.3, -0.25) is 0 Å². The number of hydrogen-bond donors (Lipinski definition) is 1. The van der Waals surface area contributed by atoms with E-state index in [1.165, 1.54) is 50.0 Å². The van der Waals surface area contributed by atoms with E-state index in [1.807, 2.05) is 0 Å². The van der Waals surface area contributed by atoms with Crippen molar-refractivity contribution < 1.29 is 0 Å². The van der Waals surface area contributed by atoms with Gasteiger partial charge in [-0.1, -0.05) is 101 Å². The molecule has 2 heterocycles. The van der Waals surface area contributed by atoms with E-state index in [0.29, 0.717) is 11.8 Å². The molecule has 1 aromatic heterocycles. The van der Waals surface area contributed by atoms with E-state index in [-0.39, 0.29) is 11.6 Å². The Morgan fingerprint density at radius 1 is 0.900 bits per heavy atom. The van der Waals surface area contributed by atoms with Crippen LogP contribution in [0.4, 0.5) is 11.4 Å². The molecule has 198 valence electrons. The average Bonchev–Trinajstić information content (AvgIpc) is 3.42. The maximum absolute atomic E-state index is 5.40. The Morgan fingerprint density at radius 3 is 2.55 bits per heavy atom. The zero-order valence-corrected chi connectivity index (χ0v) is 23.7. The highest BCUT2D eigenvalue weighted by atomic mass is 15.2. The van der Waals surface area contributed by atoms with Gasteiger partial charge in [0.1, 0.15) is 6.17 Å². The van der Waals surface area contributed by atoms with Crippen LogP contribution in [0, 0.1) is 11.8 Å². The van der Waals surface area contributed by atoms with Crippen LogP contribution in [0.15, 0.2) is 102 Å². The monoisotopic (exact) mass is 521 g/mol. The molecule has 4 aliphatic rings. The van der Waals surface area contributed by atoms with Crippen molar-refractivity contribution in [3.05, 3.63) is 119 Å². The number of nitrogens with zero attached hydrogens (tertiary/aromatic N) is 2. The van der Waals surface area contributed by atoms with Crippen molar-refractivity contribution in [1.29, 1.82) is 0 Å². The van der Waals surface area contributed by atoms with Crippen molar-refractivity contribution in [3.8, 4) is 0 Å². The number of nitrogens with one attached hydrogen (secondary N) is 1. The van der Waals surface area contributed by atoms with Crippen molar-refractivity contribution in [1.82, 2.24) is 4.57 Å². The smallest absolute Gasteiger partial charge is 0.148 e. The van der Waals surface area contributed by atoms with Crippen LogP contribution >= 0.6 is 0 Å². The molecule has 0 saturated carbocycles. The van der Waals surface area contributed by atoms with Gasteiger partial charge < -0.3 is 9.88 Å². The van der Waals surface area contributed by atoms with Crippen LogP contribution in [0.3, 0.4) is 0 Å². The Labute approximate surface area is 236 Å². The summed E-state index contributed by atoms with van der Waals surface area (Å²) in [6, 6.07) is 26.6. The van der Waals surface area contributed by atoms with Crippen LogP contribution in [0.25, 0.3) is 22.0 Å². The normalized spacial score (nSPS) is 24.1. The molecule has 0 radical (unpaired) electrons. The summed E-state index contributed by atoms with van der Waals surface area (Å²) in [4.78, 5) is 5.40. The average molecular weight is 522 g/mol. The summed E-state index contributed by atoms with van der Waals surface area (Å²) in [6.07, 6.45) is 8.75. The van der Waals surface area contributed by atoms with E-state index in [2.05, 4.69) is 129 Å². The van der Waals surface area contributed by atoms with Crippen LogP contribution in [0.2, 0.25) is 0 Å². The molecule has 0 bridgehead atoms. The molecule has 40 heavy (non-hydrogen) atoms. The first-order valence-corrected chi connectivity index (χ1v) is 14.7. The summed E-state index contributed by atoms with van der Waals surface area (Å²) < 4.78 is 2.61. The van der Waals surface area contributed by atoms with Crippen LogP contribution in [-0.2, 0) is 11.8 Å². The highest BCUT2D eigenvalue weighted by Gasteiger charge is 2.46. The van der Waals surface area contributed by atoms with Gasteiger partial charge in [0, 0.05) is 10.8 Å². The highest BCUT2D eigenvalue weighted by Crippen LogP contribution is 2.58. The molecule has 3 nitrogen and oxygen atoms in total. The standard InChI is InChI=1S/C37H35N3/c1-22-13-5-6-14-24(22)34-36(39-30-19-11-10-18-29(30)38-34)40-31-20-12-8-15-25(31)27-21-23(2)32-26-16-7-9-17-28(26)37(3,4)33(32)35(27)40/h5-12,14-20,22-23,36,39H,13,21H2,1-4H3. The van der Waals surface area contributed by atoms with Gasteiger partial charge >= 0.3 is 0 Å². The molecule has 3 aromatic carbocycles. The third-order valence-electron chi connectivity index (χ3n) is 9.72. The molecule has 8 rings (SSSR count). The van der Waals surface area contributed by atoms with Gasteiger partial charge in [-0.25, -0.2) is 4.99 Å². The zero-order chi connectivity index (χ0) is 27.2.